The van der Waals surface area contributed by atoms with Crippen molar-refractivity contribution >= 4 is 50.3 Å². The van der Waals surface area contributed by atoms with Crippen LogP contribution in [0.2, 0.25) is 5.02 Å². The fourth-order valence-electron chi connectivity index (χ4n) is 2.07. The molecule has 2 rings (SSSR count). The van der Waals surface area contributed by atoms with Gasteiger partial charge >= 0.3 is 0 Å². The predicted octanol–water partition coefficient (Wildman–Crippen LogP) is 4.15. The van der Waals surface area contributed by atoms with Gasteiger partial charge < -0.3 is 10.6 Å². The number of anilines is 2. The summed E-state index contributed by atoms with van der Waals surface area (Å²) in [5, 5.41) is 7.01. The van der Waals surface area contributed by atoms with Crippen LogP contribution < -0.4 is 15.4 Å². The van der Waals surface area contributed by atoms with Crippen LogP contribution in [0.3, 0.4) is 0 Å². The first-order valence-corrected chi connectivity index (χ1v) is 10.0. The monoisotopic (exact) mass is 397 g/mol. The normalized spacial score (nSPS) is 11.0. The zero-order chi connectivity index (χ0) is 18.4. The molecule has 0 aromatic heterocycles. The number of aryl methyl sites for hydroxylation is 1. The molecule has 0 saturated heterocycles. The Morgan fingerprint density at radius 3 is 2.64 bits per heavy atom. The van der Waals surface area contributed by atoms with Gasteiger partial charge in [-0.3, -0.25) is 4.72 Å². The van der Waals surface area contributed by atoms with Crippen LogP contribution in [0.5, 0.6) is 0 Å². The lowest BCUT2D eigenvalue weighted by molar-refractivity contribution is 0.601. The van der Waals surface area contributed by atoms with Gasteiger partial charge in [-0.1, -0.05) is 30.7 Å². The Morgan fingerprint density at radius 1 is 1.20 bits per heavy atom. The Labute approximate surface area is 158 Å². The summed E-state index contributed by atoms with van der Waals surface area (Å²) >= 11 is 11.1. The first kappa shape index (κ1) is 19.5. The fraction of sp³-hybridized carbons (Fsp3) is 0.235. The van der Waals surface area contributed by atoms with Gasteiger partial charge in [0.2, 0.25) is 0 Å². The number of nitrogens with one attached hydrogen (secondary N) is 3. The Hall–Kier alpha value is -1.83. The maximum atomic E-state index is 12.6. The van der Waals surface area contributed by atoms with Crippen LogP contribution in [0.1, 0.15) is 18.9 Å². The van der Waals surface area contributed by atoms with Crippen molar-refractivity contribution in [2.75, 3.05) is 16.6 Å². The summed E-state index contributed by atoms with van der Waals surface area (Å²) in [4.78, 5) is 0.138. The van der Waals surface area contributed by atoms with Crippen LogP contribution in [-0.2, 0) is 10.0 Å². The van der Waals surface area contributed by atoms with Crippen LogP contribution in [0.4, 0.5) is 11.4 Å². The SMILES string of the molecule is CCCNC(=S)Nc1cc(S(=O)(=O)Nc2cccc(Cl)c2)ccc1C. The molecule has 0 heterocycles. The fourth-order valence-corrected chi connectivity index (χ4v) is 3.55. The summed E-state index contributed by atoms with van der Waals surface area (Å²) in [6.07, 6.45) is 0.943. The highest BCUT2D eigenvalue weighted by molar-refractivity contribution is 7.92. The molecule has 0 saturated carbocycles. The molecule has 0 aliphatic rings. The van der Waals surface area contributed by atoms with E-state index in [1.54, 1.807) is 42.5 Å². The highest BCUT2D eigenvalue weighted by atomic mass is 35.5. The summed E-state index contributed by atoms with van der Waals surface area (Å²) < 4.78 is 27.7. The molecule has 0 aliphatic carbocycles. The highest BCUT2D eigenvalue weighted by Gasteiger charge is 2.16. The van der Waals surface area contributed by atoms with Crippen molar-refractivity contribution in [2.45, 2.75) is 25.2 Å². The number of benzene rings is 2. The third kappa shape index (κ3) is 5.59. The Kier molecular flexibility index (Phi) is 6.64. The van der Waals surface area contributed by atoms with Crippen LogP contribution in [0.15, 0.2) is 47.4 Å². The minimum absolute atomic E-state index is 0.138. The van der Waals surface area contributed by atoms with Gasteiger partial charge in [0.05, 0.1) is 10.6 Å². The smallest absolute Gasteiger partial charge is 0.261 e. The molecule has 0 aliphatic heterocycles. The Balaban J connectivity index is 2.23. The minimum Gasteiger partial charge on any atom is -0.362 e. The van der Waals surface area contributed by atoms with Crippen LogP contribution in [0, 0.1) is 6.92 Å². The average molecular weight is 398 g/mol. The second-order valence-electron chi connectivity index (χ2n) is 5.47. The van der Waals surface area contributed by atoms with E-state index in [-0.39, 0.29) is 4.90 Å². The first-order valence-electron chi connectivity index (χ1n) is 7.75. The van der Waals surface area contributed by atoms with Crippen molar-refractivity contribution in [1.82, 2.24) is 5.32 Å². The maximum absolute atomic E-state index is 12.6. The second kappa shape index (κ2) is 8.51. The van der Waals surface area contributed by atoms with Crippen LogP contribution >= 0.6 is 23.8 Å². The minimum atomic E-state index is -3.73. The lowest BCUT2D eigenvalue weighted by atomic mass is 10.2. The summed E-state index contributed by atoms with van der Waals surface area (Å²) in [6.45, 7) is 4.67. The molecule has 8 heteroatoms. The molecule has 0 unspecified atom stereocenters. The lowest BCUT2D eigenvalue weighted by Gasteiger charge is -2.14. The molecule has 3 N–H and O–H groups in total. The third-order valence-corrected chi connectivity index (χ3v) is 5.24. The first-order chi connectivity index (χ1) is 11.8. The predicted molar refractivity (Wildman–Crippen MR) is 108 cm³/mol. The van der Waals surface area contributed by atoms with E-state index in [1.807, 2.05) is 13.8 Å². The van der Waals surface area contributed by atoms with Gasteiger partial charge in [0.1, 0.15) is 0 Å². The van der Waals surface area contributed by atoms with Gasteiger partial charge in [-0.15, -0.1) is 0 Å². The van der Waals surface area contributed by atoms with E-state index in [4.69, 9.17) is 23.8 Å². The summed E-state index contributed by atoms with van der Waals surface area (Å²) in [5.41, 5.74) is 1.94. The van der Waals surface area contributed by atoms with Crippen molar-refractivity contribution < 1.29 is 8.42 Å². The zero-order valence-corrected chi connectivity index (χ0v) is 16.4. The van der Waals surface area contributed by atoms with Crippen molar-refractivity contribution in [3.8, 4) is 0 Å². The summed E-state index contributed by atoms with van der Waals surface area (Å²) in [6, 6.07) is 11.4. The number of sulfonamides is 1. The van der Waals surface area contributed by atoms with E-state index in [1.165, 1.54) is 0 Å². The molecule has 2 aromatic carbocycles. The number of hydrogen-bond acceptors (Lipinski definition) is 3. The van der Waals surface area contributed by atoms with Crippen molar-refractivity contribution in [1.29, 1.82) is 0 Å². The maximum Gasteiger partial charge on any atom is 0.261 e. The van der Waals surface area contributed by atoms with E-state index >= 15 is 0 Å². The molecule has 0 spiro atoms. The van der Waals surface area contributed by atoms with Gasteiger partial charge in [-0.25, -0.2) is 8.42 Å². The average Bonchev–Trinajstić information content (AvgIpc) is 2.54. The largest absolute Gasteiger partial charge is 0.362 e. The van der Waals surface area contributed by atoms with E-state index in [2.05, 4.69) is 15.4 Å². The van der Waals surface area contributed by atoms with Gasteiger partial charge in [0.25, 0.3) is 10.0 Å². The molecule has 134 valence electrons. The quantitative estimate of drug-likeness (QED) is 0.639. The van der Waals surface area contributed by atoms with Gasteiger partial charge in [-0.2, -0.15) is 0 Å². The molecule has 0 fully saturated rings. The zero-order valence-electron chi connectivity index (χ0n) is 14.0. The molecule has 0 bridgehead atoms. The summed E-state index contributed by atoms with van der Waals surface area (Å²) in [7, 11) is -3.73. The molecular formula is C17H20ClN3O2S2. The number of hydrogen-bond donors (Lipinski definition) is 3. The molecule has 0 atom stereocenters. The highest BCUT2D eigenvalue weighted by Crippen LogP contribution is 2.23. The van der Waals surface area contributed by atoms with Gasteiger partial charge in [0, 0.05) is 17.3 Å². The molecule has 0 amide bonds. The van der Waals surface area contributed by atoms with E-state index in [9.17, 15) is 8.42 Å². The van der Waals surface area contributed by atoms with Crippen LogP contribution in [0.25, 0.3) is 0 Å². The number of thiocarbonyl (C=S) groups is 1. The van der Waals surface area contributed by atoms with Crippen LogP contribution in [-0.4, -0.2) is 20.1 Å². The van der Waals surface area contributed by atoms with Crippen molar-refractivity contribution in [3.63, 3.8) is 0 Å². The van der Waals surface area contributed by atoms with E-state index in [0.717, 1.165) is 18.5 Å². The van der Waals surface area contributed by atoms with Crippen molar-refractivity contribution in [3.05, 3.63) is 53.1 Å². The topological polar surface area (TPSA) is 70.2 Å². The Bertz CT molecular complexity index is 870. The molecule has 25 heavy (non-hydrogen) atoms. The number of rotatable bonds is 6. The second-order valence-corrected chi connectivity index (χ2v) is 8.00. The number of halogens is 1. The van der Waals surface area contributed by atoms with Crippen molar-refractivity contribution in [2.24, 2.45) is 0 Å². The standard InChI is InChI=1S/C17H20ClN3O2S2/c1-3-9-19-17(24)20-16-11-15(8-7-12(16)2)25(22,23)21-14-6-4-5-13(18)10-14/h4-8,10-11,21H,3,9H2,1-2H3,(H2,19,20,24). The lowest BCUT2D eigenvalue weighted by Crippen LogP contribution is -2.29. The molecule has 5 nitrogen and oxygen atoms in total. The van der Waals surface area contributed by atoms with E-state index < -0.39 is 10.0 Å². The summed E-state index contributed by atoms with van der Waals surface area (Å²) in [5.74, 6) is 0. The molecule has 0 radical (unpaired) electrons. The molecular weight excluding hydrogens is 378 g/mol. The third-order valence-electron chi connectivity index (χ3n) is 3.38. The van der Waals surface area contributed by atoms with Gasteiger partial charge in [0.15, 0.2) is 5.11 Å². The van der Waals surface area contributed by atoms with Gasteiger partial charge in [-0.05, 0) is 61.5 Å². The van der Waals surface area contributed by atoms with E-state index in [0.29, 0.717) is 21.5 Å². The Morgan fingerprint density at radius 2 is 1.96 bits per heavy atom. The molecule has 2 aromatic rings.